The lowest BCUT2D eigenvalue weighted by molar-refractivity contribution is -0.131. The van der Waals surface area contributed by atoms with Gasteiger partial charge in [0.1, 0.15) is 0 Å². The summed E-state index contributed by atoms with van der Waals surface area (Å²) in [5.41, 5.74) is 1.02. The number of amides is 1. The average molecular weight is 253 g/mol. The van der Waals surface area contributed by atoms with Gasteiger partial charge >= 0.3 is 0 Å². The van der Waals surface area contributed by atoms with Crippen molar-refractivity contribution in [3.8, 4) is 0 Å². The normalized spacial score (nSPS) is 20.4. The smallest absolute Gasteiger partial charge is 0.227 e. The molecule has 1 atom stereocenters. The van der Waals surface area contributed by atoms with E-state index in [1.54, 1.807) is 0 Å². The number of benzene rings is 1. The van der Waals surface area contributed by atoms with Gasteiger partial charge in [0.05, 0.1) is 6.42 Å². The third-order valence-electron chi connectivity index (χ3n) is 2.99. The zero-order valence-electron chi connectivity index (χ0n) is 9.95. The third-order valence-corrected chi connectivity index (χ3v) is 3.24. The summed E-state index contributed by atoms with van der Waals surface area (Å²) >= 11 is 5.81. The molecule has 0 radical (unpaired) electrons. The van der Waals surface area contributed by atoms with Crippen LogP contribution >= 0.6 is 11.6 Å². The van der Waals surface area contributed by atoms with Crippen molar-refractivity contribution >= 4 is 17.5 Å². The van der Waals surface area contributed by atoms with Crippen LogP contribution in [0, 0.1) is 0 Å². The summed E-state index contributed by atoms with van der Waals surface area (Å²) in [4.78, 5) is 14.0. The van der Waals surface area contributed by atoms with Gasteiger partial charge in [-0.3, -0.25) is 4.79 Å². The minimum absolute atomic E-state index is 0.195. The zero-order chi connectivity index (χ0) is 12.3. The highest BCUT2D eigenvalue weighted by Gasteiger charge is 2.20. The van der Waals surface area contributed by atoms with E-state index in [9.17, 15) is 4.79 Å². The number of nitrogens with zero attached hydrogens (tertiary/aromatic N) is 1. The molecule has 1 amide bonds. The van der Waals surface area contributed by atoms with Crippen molar-refractivity contribution in [2.24, 2.45) is 0 Å². The molecule has 0 bridgehead atoms. The zero-order valence-corrected chi connectivity index (χ0v) is 10.7. The summed E-state index contributed by atoms with van der Waals surface area (Å²) in [6, 6.07) is 7.85. The van der Waals surface area contributed by atoms with Crippen LogP contribution in [0.1, 0.15) is 12.5 Å². The Morgan fingerprint density at radius 2 is 2.18 bits per heavy atom. The van der Waals surface area contributed by atoms with E-state index in [0.717, 1.165) is 25.2 Å². The predicted molar refractivity (Wildman–Crippen MR) is 69.2 cm³/mol. The maximum atomic E-state index is 12.1. The molecule has 1 heterocycles. The Hall–Kier alpha value is -1.06. The first-order chi connectivity index (χ1) is 8.15. The molecule has 1 fully saturated rings. The molecule has 1 saturated heterocycles. The van der Waals surface area contributed by atoms with E-state index in [1.165, 1.54) is 0 Å². The van der Waals surface area contributed by atoms with Gasteiger partial charge in [0.25, 0.3) is 0 Å². The monoisotopic (exact) mass is 252 g/mol. The predicted octanol–water partition coefficient (Wildman–Crippen LogP) is 1.70. The van der Waals surface area contributed by atoms with Crippen LogP contribution < -0.4 is 5.32 Å². The molecule has 92 valence electrons. The van der Waals surface area contributed by atoms with Gasteiger partial charge in [-0.15, -0.1) is 0 Å². The Morgan fingerprint density at radius 3 is 2.82 bits per heavy atom. The topological polar surface area (TPSA) is 32.3 Å². The Kier molecular flexibility index (Phi) is 4.02. The van der Waals surface area contributed by atoms with Gasteiger partial charge < -0.3 is 10.2 Å². The molecule has 1 aliphatic heterocycles. The number of hydrogen-bond donors (Lipinski definition) is 1. The number of rotatable bonds is 2. The van der Waals surface area contributed by atoms with E-state index in [0.29, 0.717) is 17.5 Å². The van der Waals surface area contributed by atoms with Crippen molar-refractivity contribution in [2.45, 2.75) is 19.4 Å². The minimum atomic E-state index is 0.195. The molecule has 0 aromatic heterocycles. The highest BCUT2D eigenvalue weighted by molar-refractivity contribution is 6.30. The number of hydrogen-bond acceptors (Lipinski definition) is 2. The quantitative estimate of drug-likeness (QED) is 0.869. The minimum Gasteiger partial charge on any atom is -0.340 e. The van der Waals surface area contributed by atoms with Crippen molar-refractivity contribution in [1.82, 2.24) is 10.2 Å². The molecule has 4 heteroatoms. The molecule has 2 rings (SSSR count). The summed E-state index contributed by atoms with van der Waals surface area (Å²) in [6.07, 6.45) is 0.462. The second-order valence-corrected chi connectivity index (χ2v) is 4.93. The molecule has 0 aliphatic carbocycles. The van der Waals surface area contributed by atoms with Crippen LogP contribution in [0.5, 0.6) is 0 Å². The second-order valence-electron chi connectivity index (χ2n) is 4.50. The van der Waals surface area contributed by atoms with Gasteiger partial charge in [0, 0.05) is 30.7 Å². The standard InChI is InChI=1S/C13H17ClN2O/c1-10-9-16(7-6-15-10)13(17)8-11-2-4-12(14)5-3-11/h2-5,10,15H,6-9H2,1H3. The summed E-state index contributed by atoms with van der Waals surface area (Å²) < 4.78 is 0. The van der Waals surface area contributed by atoms with E-state index in [1.807, 2.05) is 29.2 Å². The van der Waals surface area contributed by atoms with Crippen molar-refractivity contribution in [2.75, 3.05) is 19.6 Å². The molecular formula is C13H17ClN2O. The maximum Gasteiger partial charge on any atom is 0.227 e. The van der Waals surface area contributed by atoms with Crippen molar-refractivity contribution in [3.05, 3.63) is 34.9 Å². The van der Waals surface area contributed by atoms with Crippen LogP contribution in [0.3, 0.4) is 0 Å². The number of carbonyl (C=O) groups excluding carboxylic acids is 1. The summed E-state index contributed by atoms with van der Waals surface area (Å²) in [5.74, 6) is 0.195. The van der Waals surface area contributed by atoms with Crippen molar-refractivity contribution in [1.29, 1.82) is 0 Å². The Labute approximate surface area is 107 Å². The van der Waals surface area contributed by atoms with Crippen LogP contribution in [-0.2, 0) is 11.2 Å². The molecule has 1 aromatic carbocycles. The van der Waals surface area contributed by atoms with Crippen molar-refractivity contribution < 1.29 is 4.79 Å². The largest absolute Gasteiger partial charge is 0.340 e. The van der Waals surface area contributed by atoms with E-state index in [2.05, 4.69) is 12.2 Å². The van der Waals surface area contributed by atoms with Crippen LogP contribution in [0.4, 0.5) is 0 Å². The van der Waals surface area contributed by atoms with Crippen LogP contribution in [0.15, 0.2) is 24.3 Å². The highest BCUT2D eigenvalue weighted by Crippen LogP contribution is 2.11. The first kappa shape index (κ1) is 12.4. The van der Waals surface area contributed by atoms with Gasteiger partial charge in [-0.25, -0.2) is 0 Å². The molecule has 1 N–H and O–H groups in total. The lowest BCUT2D eigenvalue weighted by Gasteiger charge is -2.32. The molecule has 17 heavy (non-hydrogen) atoms. The molecule has 1 unspecified atom stereocenters. The lowest BCUT2D eigenvalue weighted by Crippen LogP contribution is -2.51. The number of piperazine rings is 1. The number of halogens is 1. The van der Waals surface area contributed by atoms with Crippen molar-refractivity contribution in [3.63, 3.8) is 0 Å². The molecular weight excluding hydrogens is 236 g/mol. The number of carbonyl (C=O) groups is 1. The van der Waals surface area contributed by atoms with Gasteiger partial charge in [0.2, 0.25) is 5.91 Å². The van der Waals surface area contributed by atoms with E-state index < -0.39 is 0 Å². The Bertz CT molecular complexity index is 391. The summed E-state index contributed by atoms with van der Waals surface area (Å²) in [5, 5.41) is 4.03. The fourth-order valence-corrected chi connectivity index (χ4v) is 2.17. The van der Waals surface area contributed by atoms with Gasteiger partial charge in [-0.2, -0.15) is 0 Å². The van der Waals surface area contributed by atoms with E-state index >= 15 is 0 Å². The Morgan fingerprint density at radius 1 is 1.47 bits per heavy atom. The first-order valence-corrected chi connectivity index (χ1v) is 6.28. The van der Waals surface area contributed by atoms with Gasteiger partial charge in [-0.05, 0) is 24.6 Å². The summed E-state index contributed by atoms with van der Waals surface area (Å²) in [6.45, 7) is 4.58. The van der Waals surface area contributed by atoms with Crippen LogP contribution in [0.2, 0.25) is 5.02 Å². The third kappa shape index (κ3) is 3.45. The molecule has 1 aromatic rings. The van der Waals surface area contributed by atoms with Crippen LogP contribution in [0.25, 0.3) is 0 Å². The molecule has 3 nitrogen and oxygen atoms in total. The molecule has 0 spiro atoms. The highest BCUT2D eigenvalue weighted by atomic mass is 35.5. The lowest BCUT2D eigenvalue weighted by atomic mass is 10.1. The van der Waals surface area contributed by atoms with E-state index in [4.69, 9.17) is 11.6 Å². The molecule has 1 aliphatic rings. The summed E-state index contributed by atoms with van der Waals surface area (Å²) in [7, 11) is 0. The first-order valence-electron chi connectivity index (χ1n) is 5.91. The SMILES string of the molecule is CC1CN(C(=O)Cc2ccc(Cl)cc2)CCN1. The fraction of sp³-hybridized carbons (Fsp3) is 0.462. The van der Waals surface area contributed by atoms with Crippen LogP contribution in [-0.4, -0.2) is 36.5 Å². The van der Waals surface area contributed by atoms with E-state index in [-0.39, 0.29) is 5.91 Å². The molecule has 0 saturated carbocycles. The number of nitrogens with one attached hydrogen (secondary N) is 1. The fourth-order valence-electron chi connectivity index (χ4n) is 2.05. The maximum absolute atomic E-state index is 12.1. The second kappa shape index (κ2) is 5.52. The Balaban J connectivity index is 1.94. The van der Waals surface area contributed by atoms with Gasteiger partial charge in [0.15, 0.2) is 0 Å². The average Bonchev–Trinajstić information content (AvgIpc) is 2.32. The van der Waals surface area contributed by atoms with Gasteiger partial charge in [-0.1, -0.05) is 23.7 Å².